The number of rotatable bonds is 4. The summed E-state index contributed by atoms with van der Waals surface area (Å²) in [6, 6.07) is 10.0. The molecule has 3 N–H and O–H groups in total. The molecular formula is C15H19N5O. The Morgan fingerprint density at radius 2 is 1.86 bits per heavy atom. The second kappa shape index (κ2) is 5.87. The van der Waals surface area contributed by atoms with Crippen molar-refractivity contribution in [2.45, 2.75) is 12.8 Å². The molecule has 21 heavy (non-hydrogen) atoms. The predicted molar refractivity (Wildman–Crippen MR) is 84.2 cm³/mol. The first-order valence-electron chi connectivity index (χ1n) is 7.05. The standard InChI is InChI=1S/C15H19N5O/c1-21-14-10-13(18-15(16)19-14)17-11-4-6-12(7-5-11)20-8-2-3-9-20/h4-7,10H,2-3,8-9H2,1H3,(H3,16,17,18,19). The second-order valence-electron chi connectivity index (χ2n) is 5.02. The van der Waals surface area contributed by atoms with Crippen molar-refractivity contribution in [3.8, 4) is 5.88 Å². The maximum absolute atomic E-state index is 5.65. The molecule has 1 fully saturated rings. The highest BCUT2D eigenvalue weighted by molar-refractivity contribution is 5.62. The van der Waals surface area contributed by atoms with E-state index in [0.717, 1.165) is 18.8 Å². The van der Waals surface area contributed by atoms with E-state index in [1.54, 1.807) is 13.2 Å². The van der Waals surface area contributed by atoms with Gasteiger partial charge in [-0.2, -0.15) is 9.97 Å². The molecule has 0 unspecified atom stereocenters. The number of ether oxygens (including phenoxy) is 1. The van der Waals surface area contributed by atoms with Crippen LogP contribution in [0, 0.1) is 0 Å². The van der Waals surface area contributed by atoms with Crippen LogP contribution in [0.5, 0.6) is 5.88 Å². The quantitative estimate of drug-likeness (QED) is 0.898. The molecule has 110 valence electrons. The summed E-state index contributed by atoms with van der Waals surface area (Å²) in [5.74, 6) is 1.25. The van der Waals surface area contributed by atoms with Crippen LogP contribution in [0.1, 0.15) is 12.8 Å². The molecule has 0 saturated carbocycles. The van der Waals surface area contributed by atoms with Crippen LogP contribution in [-0.2, 0) is 0 Å². The summed E-state index contributed by atoms with van der Waals surface area (Å²) >= 11 is 0. The van der Waals surface area contributed by atoms with Gasteiger partial charge in [0.25, 0.3) is 0 Å². The van der Waals surface area contributed by atoms with Crippen LogP contribution >= 0.6 is 0 Å². The summed E-state index contributed by atoms with van der Waals surface area (Å²) in [5, 5.41) is 3.21. The number of aromatic nitrogens is 2. The Bertz CT molecular complexity index is 608. The maximum Gasteiger partial charge on any atom is 0.225 e. The molecule has 3 rings (SSSR count). The van der Waals surface area contributed by atoms with E-state index in [1.807, 2.05) is 12.1 Å². The smallest absolute Gasteiger partial charge is 0.225 e. The zero-order valence-electron chi connectivity index (χ0n) is 12.0. The van der Waals surface area contributed by atoms with E-state index in [9.17, 15) is 0 Å². The lowest BCUT2D eigenvalue weighted by Crippen LogP contribution is -2.17. The van der Waals surface area contributed by atoms with Gasteiger partial charge in [0.05, 0.1) is 7.11 Å². The third-order valence-corrected chi connectivity index (χ3v) is 3.54. The lowest BCUT2D eigenvalue weighted by molar-refractivity contribution is 0.398. The number of methoxy groups -OCH3 is 1. The molecule has 1 saturated heterocycles. The molecule has 1 aromatic heterocycles. The highest BCUT2D eigenvalue weighted by Gasteiger charge is 2.11. The predicted octanol–water partition coefficient (Wildman–Crippen LogP) is 2.41. The average Bonchev–Trinajstić information content (AvgIpc) is 3.01. The number of benzene rings is 1. The Hall–Kier alpha value is -2.50. The van der Waals surface area contributed by atoms with E-state index in [1.165, 1.54) is 18.5 Å². The highest BCUT2D eigenvalue weighted by atomic mass is 16.5. The van der Waals surface area contributed by atoms with Gasteiger partial charge in [-0.15, -0.1) is 0 Å². The first-order chi connectivity index (χ1) is 10.2. The molecule has 6 heteroatoms. The van der Waals surface area contributed by atoms with Gasteiger partial charge in [0, 0.05) is 30.5 Å². The monoisotopic (exact) mass is 285 g/mol. The van der Waals surface area contributed by atoms with Crippen LogP contribution in [0.3, 0.4) is 0 Å². The van der Waals surface area contributed by atoms with Crippen LogP contribution in [0.2, 0.25) is 0 Å². The van der Waals surface area contributed by atoms with E-state index in [0.29, 0.717) is 11.7 Å². The Balaban J connectivity index is 1.74. The fourth-order valence-corrected chi connectivity index (χ4v) is 2.49. The number of nitrogens with zero attached hydrogens (tertiary/aromatic N) is 3. The minimum Gasteiger partial charge on any atom is -0.481 e. The summed E-state index contributed by atoms with van der Waals surface area (Å²) in [5.41, 5.74) is 7.87. The molecule has 0 spiro atoms. The fraction of sp³-hybridized carbons (Fsp3) is 0.333. The van der Waals surface area contributed by atoms with Crippen LogP contribution in [0.15, 0.2) is 30.3 Å². The summed E-state index contributed by atoms with van der Waals surface area (Å²) < 4.78 is 5.08. The molecule has 1 aliphatic heterocycles. The second-order valence-corrected chi connectivity index (χ2v) is 5.02. The Morgan fingerprint density at radius 1 is 1.14 bits per heavy atom. The van der Waals surface area contributed by atoms with E-state index in [-0.39, 0.29) is 5.95 Å². The van der Waals surface area contributed by atoms with E-state index in [2.05, 4.69) is 32.3 Å². The van der Waals surface area contributed by atoms with Gasteiger partial charge >= 0.3 is 0 Å². The summed E-state index contributed by atoms with van der Waals surface area (Å²) in [4.78, 5) is 10.5. The van der Waals surface area contributed by atoms with E-state index < -0.39 is 0 Å². The molecule has 0 atom stereocenters. The molecule has 0 bridgehead atoms. The third-order valence-electron chi connectivity index (χ3n) is 3.54. The largest absolute Gasteiger partial charge is 0.481 e. The SMILES string of the molecule is COc1cc(Nc2ccc(N3CCCC3)cc2)nc(N)n1. The van der Waals surface area contributed by atoms with Gasteiger partial charge in [0.2, 0.25) is 11.8 Å². The van der Waals surface area contributed by atoms with Crippen molar-refractivity contribution in [3.63, 3.8) is 0 Å². The number of nitrogens with one attached hydrogen (secondary N) is 1. The topological polar surface area (TPSA) is 76.3 Å². The zero-order valence-corrected chi connectivity index (χ0v) is 12.0. The van der Waals surface area contributed by atoms with E-state index >= 15 is 0 Å². The zero-order chi connectivity index (χ0) is 14.7. The normalized spacial score (nSPS) is 14.2. The highest BCUT2D eigenvalue weighted by Crippen LogP contribution is 2.24. The molecule has 2 heterocycles. The molecule has 0 amide bonds. The van der Waals surface area contributed by atoms with Gasteiger partial charge in [0.15, 0.2) is 0 Å². The van der Waals surface area contributed by atoms with Crippen molar-refractivity contribution >= 4 is 23.1 Å². The molecule has 1 aromatic carbocycles. The maximum atomic E-state index is 5.65. The molecule has 6 nitrogen and oxygen atoms in total. The van der Waals surface area contributed by atoms with Crippen molar-refractivity contribution < 1.29 is 4.74 Å². The first kappa shape index (κ1) is 13.5. The van der Waals surface area contributed by atoms with Gasteiger partial charge in [-0.1, -0.05) is 0 Å². The number of nitrogen functional groups attached to an aromatic ring is 1. The number of nitrogens with two attached hydrogens (primary N) is 1. The van der Waals surface area contributed by atoms with Gasteiger partial charge in [-0.25, -0.2) is 0 Å². The van der Waals surface area contributed by atoms with Crippen LogP contribution in [0.4, 0.5) is 23.1 Å². The average molecular weight is 285 g/mol. The number of hydrogen-bond donors (Lipinski definition) is 2. The van der Waals surface area contributed by atoms with Gasteiger partial charge in [0.1, 0.15) is 5.82 Å². The summed E-state index contributed by atoms with van der Waals surface area (Å²) in [7, 11) is 1.55. The van der Waals surface area contributed by atoms with Gasteiger partial charge in [-0.05, 0) is 37.1 Å². The lowest BCUT2D eigenvalue weighted by Gasteiger charge is -2.18. The minimum absolute atomic E-state index is 0.186. The minimum atomic E-state index is 0.186. The van der Waals surface area contributed by atoms with Crippen molar-refractivity contribution in [1.29, 1.82) is 0 Å². The van der Waals surface area contributed by atoms with Crippen molar-refractivity contribution in [1.82, 2.24) is 9.97 Å². The number of hydrogen-bond acceptors (Lipinski definition) is 6. The fourth-order valence-electron chi connectivity index (χ4n) is 2.49. The molecule has 2 aromatic rings. The lowest BCUT2D eigenvalue weighted by atomic mass is 10.2. The summed E-state index contributed by atoms with van der Waals surface area (Å²) in [6.07, 6.45) is 2.56. The van der Waals surface area contributed by atoms with E-state index in [4.69, 9.17) is 10.5 Å². The van der Waals surface area contributed by atoms with Crippen LogP contribution in [-0.4, -0.2) is 30.2 Å². The molecule has 0 aliphatic carbocycles. The molecular weight excluding hydrogens is 266 g/mol. The molecule has 1 aliphatic rings. The van der Waals surface area contributed by atoms with Crippen molar-refractivity contribution in [3.05, 3.63) is 30.3 Å². The number of anilines is 4. The molecule has 0 radical (unpaired) electrons. The van der Waals surface area contributed by atoms with Crippen LogP contribution < -0.4 is 20.7 Å². The van der Waals surface area contributed by atoms with Crippen LogP contribution in [0.25, 0.3) is 0 Å². The summed E-state index contributed by atoms with van der Waals surface area (Å²) in [6.45, 7) is 2.29. The Morgan fingerprint density at radius 3 is 2.52 bits per heavy atom. The van der Waals surface area contributed by atoms with Gasteiger partial charge in [-0.3, -0.25) is 0 Å². The van der Waals surface area contributed by atoms with Crippen molar-refractivity contribution in [2.24, 2.45) is 0 Å². The van der Waals surface area contributed by atoms with Gasteiger partial charge < -0.3 is 20.7 Å². The van der Waals surface area contributed by atoms with Crippen molar-refractivity contribution in [2.75, 3.05) is 36.1 Å². The Labute approximate surface area is 124 Å². The first-order valence-corrected chi connectivity index (χ1v) is 7.05. The third kappa shape index (κ3) is 3.16. The Kier molecular flexibility index (Phi) is 3.77.